The molecule has 1 fully saturated rings. The van der Waals surface area contributed by atoms with Crippen molar-refractivity contribution in [3.05, 3.63) is 18.3 Å². The fraction of sp³-hybridized carbons (Fsp3) is 0.500. The normalized spacial score (nSPS) is 26.5. The number of nitrogens with one attached hydrogen (secondary N) is 1. The summed E-state index contributed by atoms with van der Waals surface area (Å²) in [5.41, 5.74) is 6.56. The number of nitrogen functional groups attached to an aromatic ring is 1. The highest BCUT2D eigenvalue weighted by atomic mass is 15.0. The Balaban J connectivity index is 1.91. The molecule has 1 heterocycles. The van der Waals surface area contributed by atoms with E-state index in [0.717, 1.165) is 11.6 Å². The van der Waals surface area contributed by atoms with Gasteiger partial charge >= 0.3 is 0 Å². The molecule has 1 aromatic rings. The van der Waals surface area contributed by atoms with E-state index in [2.05, 4.69) is 17.2 Å². The topological polar surface area (TPSA) is 50.9 Å². The second-order valence-corrected chi connectivity index (χ2v) is 3.89. The highest BCUT2D eigenvalue weighted by Crippen LogP contribution is 2.29. The third kappa shape index (κ3) is 1.91. The monoisotopic (exact) mass is 177 g/mol. The molecule has 3 nitrogen and oxygen atoms in total. The third-order valence-corrected chi connectivity index (χ3v) is 2.53. The summed E-state index contributed by atoms with van der Waals surface area (Å²) < 4.78 is 0. The van der Waals surface area contributed by atoms with Crippen molar-refractivity contribution in [1.82, 2.24) is 4.98 Å². The van der Waals surface area contributed by atoms with Gasteiger partial charge in [-0.15, -0.1) is 0 Å². The van der Waals surface area contributed by atoms with Crippen LogP contribution in [-0.2, 0) is 0 Å². The third-order valence-electron chi connectivity index (χ3n) is 2.53. The number of aromatic nitrogens is 1. The van der Waals surface area contributed by atoms with Gasteiger partial charge in [-0.25, -0.2) is 4.98 Å². The minimum atomic E-state index is 0.576. The largest absolute Gasteiger partial charge is 0.384 e. The first kappa shape index (κ1) is 8.35. The Bertz CT molecular complexity index is 275. The molecule has 0 radical (unpaired) electrons. The molecule has 1 saturated carbocycles. The predicted octanol–water partition coefficient (Wildman–Crippen LogP) is 1.87. The molecule has 0 unspecified atom stereocenters. The zero-order valence-corrected chi connectivity index (χ0v) is 7.83. The maximum Gasteiger partial charge on any atom is 0.123 e. The van der Waals surface area contributed by atoms with Crippen LogP contribution in [0.1, 0.15) is 19.8 Å². The van der Waals surface area contributed by atoms with Crippen LogP contribution in [0.4, 0.5) is 11.5 Å². The summed E-state index contributed by atoms with van der Waals surface area (Å²) in [7, 11) is 0. The molecule has 0 amide bonds. The Labute approximate surface area is 78.4 Å². The van der Waals surface area contributed by atoms with Gasteiger partial charge in [0.1, 0.15) is 5.82 Å². The van der Waals surface area contributed by atoms with E-state index in [1.54, 1.807) is 6.20 Å². The molecule has 0 spiro atoms. The van der Waals surface area contributed by atoms with Crippen LogP contribution >= 0.6 is 0 Å². The van der Waals surface area contributed by atoms with Crippen molar-refractivity contribution in [3.8, 4) is 0 Å². The lowest BCUT2D eigenvalue weighted by molar-refractivity contribution is 0.309. The van der Waals surface area contributed by atoms with Gasteiger partial charge in [0.05, 0.1) is 11.9 Å². The molecule has 1 aliphatic rings. The molecule has 1 aliphatic carbocycles. The van der Waals surface area contributed by atoms with Gasteiger partial charge in [0.2, 0.25) is 0 Å². The summed E-state index contributed by atoms with van der Waals surface area (Å²) >= 11 is 0. The predicted molar refractivity (Wildman–Crippen MR) is 54.5 cm³/mol. The quantitative estimate of drug-likeness (QED) is 0.725. The lowest BCUT2D eigenvalue weighted by Gasteiger charge is -2.33. The highest BCUT2D eigenvalue weighted by Gasteiger charge is 2.24. The molecule has 70 valence electrons. The van der Waals surface area contributed by atoms with Crippen molar-refractivity contribution in [2.24, 2.45) is 5.92 Å². The Morgan fingerprint density at radius 1 is 1.46 bits per heavy atom. The minimum absolute atomic E-state index is 0.576. The molecule has 13 heavy (non-hydrogen) atoms. The van der Waals surface area contributed by atoms with Gasteiger partial charge in [-0.2, -0.15) is 0 Å². The molecule has 3 N–H and O–H groups in total. The average molecular weight is 177 g/mol. The second-order valence-electron chi connectivity index (χ2n) is 3.89. The standard InChI is InChI=1S/C10H15N3/c1-7-4-9(5-7)13-8-2-3-10(11)12-6-8/h2-3,6-7,9,13H,4-5H2,1H3,(H2,11,12). The van der Waals surface area contributed by atoms with E-state index in [0.29, 0.717) is 11.9 Å². The molecule has 3 heteroatoms. The zero-order valence-electron chi connectivity index (χ0n) is 7.83. The van der Waals surface area contributed by atoms with Crippen LogP contribution in [0.3, 0.4) is 0 Å². The Hall–Kier alpha value is -1.25. The Kier molecular flexibility index (Phi) is 2.08. The van der Waals surface area contributed by atoms with E-state index in [9.17, 15) is 0 Å². The van der Waals surface area contributed by atoms with Gasteiger partial charge in [0, 0.05) is 6.04 Å². The molecular formula is C10H15N3. The molecule has 0 atom stereocenters. The van der Waals surface area contributed by atoms with Crippen LogP contribution in [0.2, 0.25) is 0 Å². The van der Waals surface area contributed by atoms with Gasteiger partial charge < -0.3 is 11.1 Å². The number of anilines is 2. The molecule has 0 saturated heterocycles. The highest BCUT2D eigenvalue weighted by molar-refractivity contribution is 5.46. The first-order valence-electron chi connectivity index (χ1n) is 4.72. The van der Waals surface area contributed by atoms with E-state index in [4.69, 9.17) is 5.73 Å². The smallest absolute Gasteiger partial charge is 0.123 e. The number of nitrogens with zero attached hydrogens (tertiary/aromatic N) is 1. The maximum absolute atomic E-state index is 5.49. The Morgan fingerprint density at radius 2 is 2.23 bits per heavy atom. The maximum atomic E-state index is 5.49. The van der Waals surface area contributed by atoms with Gasteiger partial charge in [-0.1, -0.05) is 6.92 Å². The number of rotatable bonds is 2. The van der Waals surface area contributed by atoms with Crippen LogP contribution in [0.25, 0.3) is 0 Å². The zero-order chi connectivity index (χ0) is 9.26. The van der Waals surface area contributed by atoms with Crippen molar-refractivity contribution < 1.29 is 0 Å². The fourth-order valence-corrected chi connectivity index (χ4v) is 1.75. The van der Waals surface area contributed by atoms with Gasteiger partial charge in [-0.05, 0) is 30.9 Å². The molecular weight excluding hydrogens is 162 g/mol. The van der Waals surface area contributed by atoms with Gasteiger partial charge in [0.25, 0.3) is 0 Å². The SMILES string of the molecule is CC1CC(Nc2ccc(N)nc2)C1. The summed E-state index contributed by atoms with van der Waals surface area (Å²) in [4.78, 5) is 4.02. The van der Waals surface area contributed by atoms with Crippen molar-refractivity contribution >= 4 is 11.5 Å². The summed E-state index contributed by atoms with van der Waals surface area (Å²) in [6.45, 7) is 2.28. The van der Waals surface area contributed by atoms with Crippen LogP contribution in [-0.4, -0.2) is 11.0 Å². The number of hydrogen-bond donors (Lipinski definition) is 2. The van der Waals surface area contributed by atoms with E-state index in [-0.39, 0.29) is 0 Å². The van der Waals surface area contributed by atoms with E-state index in [1.807, 2.05) is 12.1 Å². The number of hydrogen-bond acceptors (Lipinski definition) is 3. The number of pyridine rings is 1. The molecule has 1 aromatic heterocycles. The van der Waals surface area contributed by atoms with E-state index >= 15 is 0 Å². The molecule has 0 aromatic carbocycles. The Morgan fingerprint density at radius 3 is 2.77 bits per heavy atom. The molecule has 2 rings (SSSR count). The lowest BCUT2D eigenvalue weighted by Crippen LogP contribution is -2.33. The van der Waals surface area contributed by atoms with Crippen LogP contribution < -0.4 is 11.1 Å². The second kappa shape index (κ2) is 3.24. The van der Waals surface area contributed by atoms with Crippen molar-refractivity contribution in [2.45, 2.75) is 25.8 Å². The summed E-state index contributed by atoms with van der Waals surface area (Å²) in [5, 5.41) is 3.42. The molecule has 0 aliphatic heterocycles. The van der Waals surface area contributed by atoms with E-state index in [1.165, 1.54) is 12.8 Å². The van der Waals surface area contributed by atoms with Crippen LogP contribution in [0.15, 0.2) is 18.3 Å². The average Bonchev–Trinajstić information content (AvgIpc) is 2.06. The van der Waals surface area contributed by atoms with Crippen LogP contribution in [0, 0.1) is 5.92 Å². The van der Waals surface area contributed by atoms with Crippen molar-refractivity contribution in [3.63, 3.8) is 0 Å². The summed E-state index contributed by atoms with van der Waals surface area (Å²) in [6.07, 6.45) is 4.33. The summed E-state index contributed by atoms with van der Waals surface area (Å²) in [5.74, 6) is 1.45. The summed E-state index contributed by atoms with van der Waals surface area (Å²) in [6, 6.07) is 4.44. The fourth-order valence-electron chi connectivity index (χ4n) is 1.75. The van der Waals surface area contributed by atoms with Crippen molar-refractivity contribution in [1.29, 1.82) is 0 Å². The lowest BCUT2D eigenvalue weighted by atomic mass is 9.82. The minimum Gasteiger partial charge on any atom is -0.384 e. The van der Waals surface area contributed by atoms with E-state index < -0.39 is 0 Å². The first-order chi connectivity index (χ1) is 6.24. The molecule has 0 bridgehead atoms. The van der Waals surface area contributed by atoms with Gasteiger partial charge in [-0.3, -0.25) is 0 Å². The van der Waals surface area contributed by atoms with Crippen LogP contribution in [0.5, 0.6) is 0 Å². The number of nitrogens with two attached hydrogens (primary N) is 1. The van der Waals surface area contributed by atoms with Gasteiger partial charge in [0.15, 0.2) is 0 Å². The van der Waals surface area contributed by atoms with Crippen molar-refractivity contribution in [2.75, 3.05) is 11.1 Å². The first-order valence-corrected chi connectivity index (χ1v) is 4.72.